The summed E-state index contributed by atoms with van der Waals surface area (Å²) in [5, 5.41) is 6.56. The van der Waals surface area contributed by atoms with Gasteiger partial charge in [-0.2, -0.15) is 0 Å². The Morgan fingerprint density at radius 2 is 2.04 bits per heavy atom. The number of nitrogens with zero attached hydrogens (tertiary/aromatic N) is 1. The number of hydrogen-bond acceptors (Lipinski definition) is 4. The second-order valence-electron chi connectivity index (χ2n) is 5.54. The Balaban J connectivity index is 2.58. The maximum absolute atomic E-state index is 5.72. The van der Waals surface area contributed by atoms with E-state index in [1.54, 1.807) is 14.2 Å². The van der Waals surface area contributed by atoms with Crippen LogP contribution >= 0.6 is 0 Å². The predicted octanol–water partition coefficient (Wildman–Crippen LogP) is 2.19. The van der Waals surface area contributed by atoms with Gasteiger partial charge in [-0.05, 0) is 31.5 Å². The van der Waals surface area contributed by atoms with E-state index in [1.165, 1.54) is 0 Å². The third kappa shape index (κ3) is 8.74. The van der Waals surface area contributed by atoms with E-state index in [9.17, 15) is 0 Å². The molecule has 136 valence electrons. The number of nitrogens with one attached hydrogen (secondary N) is 2. The molecule has 0 saturated heterocycles. The van der Waals surface area contributed by atoms with Crippen molar-refractivity contribution in [3.8, 4) is 5.75 Å². The van der Waals surface area contributed by atoms with Crippen LogP contribution in [0.2, 0.25) is 0 Å². The minimum Gasteiger partial charge on any atom is -0.493 e. The van der Waals surface area contributed by atoms with E-state index in [2.05, 4.69) is 22.5 Å². The van der Waals surface area contributed by atoms with Crippen molar-refractivity contribution in [3.63, 3.8) is 0 Å². The zero-order valence-corrected chi connectivity index (χ0v) is 15.3. The molecule has 0 aliphatic rings. The number of benzene rings is 1. The summed E-state index contributed by atoms with van der Waals surface area (Å²) < 4.78 is 15.9. The zero-order valence-electron chi connectivity index (χ0n) is 15.3. The number of rotatable bonds is 11. The summed E-state index contributed by atoms with van der Waals surface area (Å²) in [6.45, 7) is 7.51. The van der Waals surface area contributed by atoms with Crippen LogP contribution in [0.15, 0.2) is 29.3 Å². The number of ether oxygens (including phenoxy) is 3. The molecule has 0 radical (unpaired) electrons. The summed E-state index contributed by atoms with van der Waals surface area (Å²) in [6, 6.07) is 8.23. The van der Waals surface area contributed by atoms with Crippen LogP contribution in [-0.4, -0.2) is 52.6 Å². The average molecular weight is 337 g/mol. The van der Waals surface area contributed by atoms with Crippen molar-refractivity contribution in [2.75, 3.05) is 40.6 Å². The summed E-state index contributed by atoms with van der Waals surface area (Å²) in [5.74, 6) is 1.65. The van der Waals surface area contributed by atoms with Crippen molar-refractivity contribution in [3.05, 3.63) is 29.8 Å². The molecule has 1 aromatic rings. The molecule has 0 saturated carbocycles. The number of methoxy groups -OCH3 is 2. The Labute approximate surface area is 145 Å². The van der Waals surface area contributed by atoms with E-state index in [-0.39, 0.29) is 6.04 Å². The van der Waals surface area contributed by atoms with Gasteiger partial charge < -0.3 is 24.8 Å². The topological polar surface area (TPSA) is 64.1 Å². The summed E-state index contributed by atoms with van der Waals surface area (Å²) in [6.07, 6.45) is 0.880. The molecule has 1 aromatic carbocycles. The number of guanidine groups is 1. The van der Waals surface area contributed by atoms with Crippen molar-refractivity contribution in [2.24, 2.45) is 4.99 Å². The SMILES string of the molecule is CCNC(=NCc1cccc(OCCCOC)c1)NC(C)COC. The lowest BCUT2D eigenvalue weighted by molar-refractivity contribution is 0.172. The highest BCUT2D eigenvalue weighted by molar-refractivity contribution is 5.80. The molecule has 2 N–H and O–H groups in total. The standard InChI is InChI=1S/C18H31N3O3/c1-5-19-18(21-15(2)14-23-4)20-13-16-8-6-9-17(12-16)24-11-7-10-22-3/h6,8-9,12,15H,5,7,10-11,13-14H2,1-4H3,(H2,19,20,21). The van der Waals surface area contributed by atoms with Gasteiger partial charge in [0.25, 0.3) is 0 Å². The Morgan fingerprint density at radius 3 is 2.75 bits per heavy atom. The quantitative estimate of drug-likeness (QED) is 0.368. The monoisotopic (exact) mass is 337 g/mol. The minimum absolute atomic E-state index is 0.197. The van der Waals surface area contributed by atoms with Crippen molar-refractivity contribution >= 4 is 5.96 Å². The van der Waals surface area contributed by atoms with E-state index in [0.717, 1.165) is 30.2 Å². The van der Waals surface area contributed by atoms with Crippen molar-refractivity contribution in [2.45, 2.75) is 32.9 Å². The molecule has 6 heteroatoms. The lowest BCUT2D eigenvalue weighted by Crippen LogP contribution is -2.43. The second kappa shape index (κ2) is 12.6. The Bertz CT molecular complexity index is 480. The highest BCUT2D eigenvalue weighted by Gasteiger charge is 2.04. The zero-order chi connectivity index (χ0) is 17.6. The lowest BCUT2D eigenvalue weighted by Gasteiger charge is -2.17. The van der Waals surface area contributed by atoms with Gasteiger partial charge in [-0.15, -0.1) is 0 Å². The maximum Gasteiger partial charge on any atom is 0.191 e. The molecule has 0 heterocycles. The molecule has 0 aromatic heterocycles. The molecule has 24 heavy (non-hydrogen) atoms. The van der Waals surface area contributed by atoms with Crippen LogP contribution in [0.25, 0.3) is 0 Å². The van der Waals surface area contributed by atoms with Crippen LogP contribution in [0, 0.1) is 0 Å². The first kappa shape index (κ1) is 20.3. The molecule has 1 rings (SSSR count). The van der Waals surface area contributed by atoms with Crippen molar-refractivity contribution in [1.29, 1.82) is 0 Å². The first-order valence-corrected chi connectivity index (χ1v) is 8.44. The largest absolute Gasteiger partial charge is 0.493 e. The molecule has 0 spiro atoms. The van der Waals surface area contributed by atoms with Gasteiger partial charge in [0.05, 0.1) is 19.8 Å². The first-order chi connectivity index (χ1) is 11.7. The summed E-state index contributed by atoms with van der Waals surface area (Å²) >= 11 is 0. The molecule has 6 nitrogen and oxygen atoms in total. The van der Waals surface area contributed by atoms with Crippen LogP contribution in [0.3, 0.4) is 0 Å². The highest BCUT2D eigenvalue weighted by atomic mass is 16.5. The van der Waals surface area contributed by atoms with Crippen LogP contribution in [-0.2, 0) is 16.0 Å². The molecule has 1 unspecified atom stereocenters. The Morgan fingerprint density at radius 1 is 1.21 bits per heavy atom. The Kier molecular flexibility index (Phi) is 10.6. The highest BCUT2D eigenvalue weighted by Crippen LogP contribution is 2.14. The van der Waals surface area contributed by atoms with E-state index in [1.807, 2.05) is 31.2 Å². The van der Waals surface area contributed by atoms with Gasteiger partial charge in [0.15, 0.2) is 5.96 Å². The summed E-state index contributed by atoms with van der Waals surface area (Å²) in [4.78, 5) is 4.62. The summed E-state index contributed by atoms with van der Waals surface area (Å²) in [7, 11) is 3.39. The first-order valence-electron chi connectivity index (χ1n) is 8.44. The van der Waals surface area contributed by atoms with Crippen molar-refractivity contribution in [1.82, 2.24) is 10.6 Å². The van der Waals surface area contributed by atoms with Gasteiger partial charge in [0, 0.05) is 39.8 Å². The average Bonchev–Trinajstić information content (AvgIpc) is 2.57. The second-order valence-corrected chi connectivity index (χ2v) is 5.54. The fourth-order valence-corrected chi connectivity index (χ4v) is 2.14. The van der Waals surface area contributed by atoms with Gasteiger partial charge >= 0.3 is 0 Å². The van der Waals surface area contributed by atoms with Crippen LogP contribution < -0.4 is 15.4 Å². The van der Waals surface area contributed by atoms with E-state index in [4.69, 9.17) is 14.2 Å². The Hall–Kier alpha value is -1.79. The third-order valence-electron chi connectivity index (χ3n) is 3.22. The van der Waals surface area contributed by atoms with E-state index in [0.29, 0.717) is 26.4 Å². The molecule has 1 atom stereocenters. The maximum atomic E-state index is 5.72. The summed E-state index contributed by atoms with van der Waals surface area (Å²) in [5.41, 5.74) is 1.11. The number of hydrogen-bond donors (Lipinski definition) is 2. The lowest BCUT2D eigenvalue weighted by atomic mass is 10.2. The fraction of sp³-hybridized carbons (Fsp3) is 0.611. The van der Waals surface area contributed by atoms with Crippen LogP contribution in [0.1, 0.15) is 25.8 Å². The molecule has 0 fully saturated rings. The number of aliphatic imine (C=N–C) groups is 1. The molecule has 0 aliphatic heterocycles. The van der Waals surface area contributed by atoms with Gasteiger partial charge in [-0.3, -0.25) is 0 Å². The van der Waals surface area contributed by atoms with Crippen molar-refractivity contribution < 1.29 is 14.2 Å². The van der Waals surface area contributed by atoms with Gasteiger partial charge in [0.1, 0.15) is 5.75 Å². The third-order valence-corrected chi connectivity index (χ3v) is 3.22. The fourth-order valence-electron chi connectivity index (χ4n) is 2.14. The van der Waals surface area contributed by atoms with E-state index < -0.39 is 0 Å². The van der Waals surface area contributed by atoms with Crippen LogP contribution in [0.4, 0.5) is 0 Å². The van der Waals surface area contributed by atoms with Gasteiger partial charge in [-0.25, -0.2) is 4.99 Å². The smallest absolute Gasteiger partial charge is 0.191 e. The molecule has 0 amide bonds. The molecule has 0 aliphatic carbocycles. The predicted molar refractivity (Wildman–Crippen MR) is 97.7 cm³/mol. The van der Waals surface area contributed by atoms with Gasteiger partial charge in [0.2, 0.25) is 0 Å². The molecular weight excluding hydrogens is 306 g/mol. The van der Waals surface area contributed by atoms with Gasteiger partial charge in [-0.1, -0.05) is 12.1 Å². The molecule has 0 bridgehead atoms. The van der Waals surface area contributed by atoms with E-state index >= 15 is 0 Å². The van der Waals surface area contributed by atoms with Crippen LogP contribution in [0.5, 0.6) is 5.75 Å². The minimum atomic E-state index is 0.197. The normalized spacial score (nSPS) is 12.8. The molecular formula is C18H31N3O3.